The van der Waals surface area contributed by atoms with Gasteiger partial charge >= 0.3 is 23.9 Å². The highest BCUT2D eigenvalue weighted by atomic mass is 16.7. The Hall–Kier alpha value is -2.20. The van der Waals surface area contributed by atoms with Gasteiger partial charge in [-0.25, -0.2) is 0 Å². The third-order valence-electron chi connectivity index (χ3n) is 3.63. The highest BCUT2D eigenvalue weighted by Gasteiger charge is 2.54. The molecular weight excluding hydrogens is 340 g/mol. The van der Waals surface area contributed by atoms with Gasteiger partial charge in [0.05, 0.1) is 26.7 Å². The molecule has 0 saturated carbocycles. The number of ether oxygens (including phenoxy) is 6. The number of esters is 4. The minimum Gasteiger partial charge on any atom is -0.468 e. The van der Waals surface area contributed by atoms with Crippen LogP contribution in [0.5, 0.6) is 0 Å². The predicted octanol–water partition coefficient (Wildman–Crippen LogP) is -0.569. The van der Waals surface area contributed by atoms with E-state index in [1.165, 1.54) is 14.0 Å². The Morgan fingerprint density at radius 2 is 1.44 bits per heavy atom. The second-order valence-corrected chi connectivity index (χ2v) is 5.26. The van der Waals surface area contributed by atoms with Gasteiger partial charge in [0, 0.05) is 21.0 Å². The third kappa shape index (κ3) is 5.13. The van der Waals surface area contributed by atoms with E-state index in [1.807, 2.05) is 0 Å². The molecule has 0 aromatic carbocycles. The maximum Gasteiger partial charge on any atom is 0.320 e. The quantitative estimate of drug-likeness (QED) is 0.345. The zero-order valence-corrected chi connectivity index (χ0v) is 14.7. The molecule has 10 nitrogen and oxygen atoms in total. The van der Waals surface area contributed by atoms with Crippen molar-refractivity contribution in [2.24, 2.45) is 11.8 Å². The molecule has 0 N–H and O–H groups in total. The van der Waals surface area contributed by atoms with Gasteiger partial charge in [0.15, 0.2) is 18.3 Å². The molecular formula is C15H22O10. The zero-order chi connectivity index (χ0) is 19.1. The first-order valence-electron chi connectivity index (χ1n) is 7.41. The van der Waals surface area contributed by atoms with Gasteiger partial charge < -0.3 is 28.4 Å². The van der Waals surface area contributed by atoms with Crippen LogP contribution in [-0.4, -0.2) is 70.3 Å². The van der Waals surface area contributed by atoms with Gasteiger partial charge in [0.25, 0.3) is 0 Å². The van der Waals surface area contributed by atoms with Gasteiger partial charge in [-0.3, -0.25) is 19.2 Å². The normalized spacial score (nSPS) is 25.8. The minimum atomic E-state index is -1.51. The number of hydrogen-bond donors (Lipinski definition) is 0. The topological polar surface area (TPSA) is 124 Å². The number of rotatable bonds is 6. The van der Waals surface area contributed by atoms with Crippen molar-refractivity contribution >= 4 is 23.9 Å². The molecule has 1 aliphatic rings. The van der Waals surface area contributed by atoms with Crippen molar-refractivity contribution in [3.63, 3.8) is 0 Å². The molecule has 25 heavy (non-hydrogen) atoms. The number of carbonyl (C=O) groups excluding carboxylic acids is 4. The van der Waals surface area contributed by atoms with Crippen molar-refractivity contribution in [1.82, 2.24) is 0 Å². The van der Waals surface area contributed by atoms with E-state index in [1.54, 1.807) is 0 Å². The molecule has 0 unspecified atom stereocenters. The van der Waals surface area contributed by atoms with Crippen molar-refractivity contribution in [3.05, 3.63) is 0 Å². The van der Waals surface area contributed by atoms with Crippen LogP contribution in [0.4, 0.5) is 0 Å². The van der Waals surface area contributed by atoms with Crippen LogP contribution in [0.15, 0.2) is 0 Å². The van der Waals surface area contributed by atoms with Crippen LogP contribution >= 0.6 is 0 Å². The van der Waals surface area contributed by atoms with Gasteiger partial charge in [-0.2, -0.15) is 0 Å². The van der Waals surface area contributed by atoms with E-state index in [2.05, 4.69) is 9.47 Å². The Morgan fingerprint density at radius 1 is 0.920 bits per heavy atom. The van der Waals surface area contributed by atoms with E-state index in [-0.39, 0.29) is 6.61 Å². The van der Waals surface area contributed by atoms with Crippen LogP contribution in [0.2, 0.25) is 0 Å². The maximum atomic E-state index is 12.2. The van der Waals surface area contributed by atoms with Crippen molar-refractivity contribution in [2.75, 3.05) is 27.9 Å². The van der Waals surface area contributed by atoms with E-state index in [0.717, 1.165) is 21.1 Å². The largest absolute Gasteiger partial charge is 0.468 e. The minimum absolute atomic E-state index is 0.151. The summed E-state index contributed by atoms with van der Waals surface area (Å²) in [6, 6.07) is 0. The summed E-state index contributed by atoms with van der Waals surface area (Å²) in [5, 5.41) is 0. The van der Waals surface area contributed by atoms with Gasteiger partial charge in [0.2, 0.25) is 0 Å². The third-order valence-corrected chi connectivity index (χ3v) is 3.63. The first-order valence-corrected chi connectivity index (χ1v) is 7.41. The molecule has 1 rings (SSSR count). The van der Waals surface area contributed by atoms with Crippen LogP contribution < -0.4 is 0 Å². The monoisotopic (exact) mass is 362 g/mol. The fourth-order valence-corrected chi connectivity index (χ4v) is 2.70. The summed E-state index contributed by atoms with van der Waals surface area (Å²) in [4.78, 5) is 47.1. The molecule has 0 radical (unpaired) electrons. The first kappa shape index (κ1) is 20.8. The molecule has 0 spiro atoms. The van der Waals surface area contributed by atoms with Crippen LogP contribution in [0, 0.1) is 11.8 Å². The van der Waals surface area contributed by atoms with Gasteiger partial charge in [0.1, 0.15) is 6.10 Å². The predicted molar refractivity (Wildman–Crippen MR) is 78.9 cm³/mol. The summed E-state index contributed by atoms with van der Waals surface area (Å²) >= 11 is 0. The second kappa shape index (κ2) is 9.33. The summed E-state index contributed by atoms with van der Waals surface area (Å²) in [7, 11) is 3.47. The molecule has 4 atom stereocenters. The summed E-state index contributed by atoms with van der Waals surface area (Å²) in [6.07, 6.45) is -3.31. The molecule has 10 heteroatoms. The maximum absolute atomic E-state index is 12.2. The Bertz CT molecular complexity index is 500. The van der Waals surface area contributed by atoms with E-state index in [9.17, 15) is 19.2 Å². The molecule has 0 aromatic rings. The fraction of sp³-hybridized carbons (Fsp3) is 0.733. The highest BCUT2D eigenvalue weighted by Crippen LogP contribution is 2.34. The summed E-state index contributed by atoms with van der Waals surface area (Å²) in [5.74, 6) is -5.86. The lowest BCUT2D eigenvalue weighted by Gasteiger charge is -2.42. The number of methoxy groups -OCH3 is 3. The zero-order valence-electron chi connectivity index (χ0n) is 14.7. The van der Waals surface area contributed by atoms with Crippen molar-refractivity contribution < 1.29 is 47.6 Å². The smallest absolute Gasteiger partial charge is 0.320 e. The molecule has 1 saturated heterocycles. The van der Waals surface area contributed by atoms with Crippen LogP contribution in [0.25, 0.3) is 0 Å². The van der Waals surface area contributed by atoms with E-state index in [4.69, 9.17) is 18.9 Å². The molecule has 0 amide bonds. The van der Waals surface area contributed by atoms with Crippen molar-refractivity contribution in [1.29, 1.82) is 0 Å². The van der Waals surface area contributed by atoms with Gasteiger partial charge in [-0.05, 0) is 0 Å². The van der Waals surface area contributed by atoms with E-state index in [0.29, 0.717) is 0 Å². The fourth-order valence-electron chi connectivity index (χ4n) is 2.70. The van der Waals surface area contributed by atoms with Crippen LogP contribution in [0.1, 0.15) is 13.8 Å². The molecule has 0 aromatic heterocycles. The molecule has 1 aliphatic heterocycles. The molecule has 1 fully saturated rings. The van der Waals surface area contributed by atoms with Gasteiger partial charge in [-0.15, -0.1) is 0 Å². The molecule has 1 heterocycles. The van der Waals surface area contributed by atoms with Crippen LogP contribution in [0.3, 0.4) is 0 Å². The highest BCUT2D eigenvalue weighted by molar-refractivity contribution is 5.95. The van der Waals surface area contributed by atoms with Crippen molar-refractivity contribution in [2.45, 2.75) is 32.3 Å². The standard InChI is InChI=1S/C15H22O10/c1-7(16)24-9-6-23-15(22-5)10(12(9)25-8(2)17)11(13(18)20-3)14(19)21-4/h9-12,15H,6H2,1-5H3/t9-,10+,12-,15-/m1/s1. The van der Waals surface area contributed by atoms with Gasteiger partial charge in [-0.1, -0.05) is 0 Å². The summed E-state index contributed by atoms with van der Waals surface area (Å²) in [5.41, 5.74) is 0. The average Bonchev–Trinajstić information content (AvgIpc) is 2.56. The average molecular weight is 362 g/mol. The van der Waals surface area contributed by atoms with Crippen molar-refractivity contribution in [3.8, 4) is 0 Å². The first-order chi connectivity index (χ1) is 11.8. The van der Waals surface area contributed by atoms with E-state index < -0.39 is 54.2 Å². The number of carbonyl (C=O) groups is 4. The molecule has 0 aliphatic carbocycles. The second-order valence-electron chi connectivity index (χ2n) is 5.26. The SMILES string of the molecule is COC(=O)C(C(=O)OC)[C@@H]1[C@H](OC)OC[C@@H](OC(C)=O)[C@H]1OC(C)=O. The Morgan fingerprint density at radius 3 is 1.84 bits per heavy atom. The Balaban J connectivity index is 3.34. The Labute approximate surface area is 144 Å². The van der Waals surface area contributed by atoms with E-state index >= 15 is 0 Å². The lowest BCUT2D eigenvalue weighted by atomic mass is 9.82. The summed E-state index contributed by atoms with van der Waals surface area (Å²) < 4.78 is 30.2. The van der Waals surface area contributed by atoms with Crippen LogP contribution in [-0.2, 0) is 47.6 Å². The number of hydrogen-bond acceptors (Lipinski definition) is 10. The molecule has 142 valence electrons. The Kier molecular flexibility index (Phi) is 7.78. The summed E-state index contributed by atoms with van der Waals surface area (Å²) in [6.45, 7) is 2.16. The molecule has 0 bridgehead atoms. The lowest BCUT2D eigenvalue weighted by molar-refractivity contribution is -0.262. The lowest BCUT2D eigenvalue weighted by Crippen LogP contribution is -2.58.